The molecule has 1 aromatic heterocycles. The number of rotatable bonds is 2. The minimum Gasteiger partial charge on any atom is -0.348 e. The number of amides is 1. The van der Waals surface area contributed by atoms with E-state index in [4.69, 9.17) is 0 Å². The van der Waals surface area contributed by atoms with E-state index in [0.29, 0.717) is 0 Å². The van der Waals surface area contributed by atoms with Crippen molar-refractivity contribution in [2.24, 2.45) is 0 Å². The number of nitrogens with zero attached hydrogens (tertiary/aromatic N) is 2. The van der Waals surface area contributed by atoms with E-state index in [1.807, 2.05) is 32.3 Å². The van der Waals surface area contributed by atoms with Gasteiger partial charge in [0.15, 0.2) is 0 Å². The van der Waals surface area contributed by atoms with Crippen LogP contribution in [0.3, 0.4) is 0 Å². The molecule has 2 rings (SSSR count). The summed E-state index contributed by atoms with van der Waals surface area (Å²) in [6, 6.07) is 5.79. The molecule has 1 aliphatic rings. The van der Waals surface area contributed by atoms with Gasteiger partial charge in [0.1, 0.15) is 0 Å². The highest BCUT2D eigenvalue weighted by Crippen LogP contribution is 2.43. The molecule has 1 saturated carbocycles. The van der Waals surface area contributed by atoms with E-state index in [1.54, 1.807) is 11.1 Å². The maximum atomic E-state index is 12.1. The number of hydrogen-bond donors (Lipinski definition) is 0. The van der Waals surface area contributed by atoms with Gasteiger partial charge in [-0.15, -0.1) is 0 Å². The minimum absolute atomic E-state index is 0.187. The summed E-state index contributed by atoms with van der Waals surface area (Å²) in [6.07, 6.45) is 4.75. The zero-order chi connectivity index (χ0) is 10.9. The first-order chi connectivity index (χ1) is 7.17. The predicted octanol–water partition coefficient (Wildman–Crippen LogP) is 1.59. The summed E-state index contributed by atoms with van der Waals surface area (Å²) in [5.41, 5.74) is 0.597. The second-order valence-electron chi connectivity index (χ2n) is 4.35. The molecule has 0 atom stereocenters. The first kappa shape index (κ1) is 10.1. The van der Waals surface area contributed by atoms with Crippen molar-refractivity contribution < 1.29 is 4.79 Å². The molecule has 0 N–H and O–H groups in total. The molecule has 1 heterocycles. The van der Waals surface area contributed by atoms with Crippen LogP contribution in [0.15, 0.2) is 24.4 Å². The quantitative estimate of drug-likeness (QED) is 0.733. The predicted molar refractivity (Wildman–Crippen MR) is 58.5 cm³/mol. The minimum atomic E-state index is -0.329. The van der Waals surface area contributed by atoms with Gasteiger partial charge in [-0.2, -0.15) is 0 Å². The Hall–Kier alpha value is -1.38. The van der Waals surface area contributed by atoms with Crippen LogP contribution in [0.25, 0.3) is 0 Å². The number of pyridine rings is 1. The lowest BCUT2D eigenvalue weighted by atomic mass is 9.65. The molecule has 0 bridgehead atoms. The van der Waals surface area contributed by atoms with Crippen molar-refractivity contribution in [3.63, 3.8) is 0 Å². The van der Waals surface area contributed by atoms with Crippen molar-refractivity contribution in [2.45, 2.75) is 24.7 Å². The van der Waals surface area contributed by atoms with Crippen LogP contribution in [0.4, 0.5) is 0 Å². The van der Waals surface area contributed by atoms with Gasteiger partial charge in [-0.05, 0) is 25.0 Å². The van der Waals surface area contributed by atoms with Crippen LogP contribution in [0.1, 0.15) is 25.0 Å². The highest BCUT2D eigenvalue weighted by molar-refractivity contribution is 5.88. The van der Waals surface area contributed by atoms with Crippen molar-refractivity contribution in [3.05, 3.63) is 30.1 Å². The third-order valence-electron chi connectivity index (χ3n) is 3.18. The number of carbonyl (C=O) groups is 1. The maximum Gasteiger partial charge on any atom is 0.234 e. The summed E-state index contributed by atoms with van der Waals surface area (Å²) >= 11 is 0. The Morgan fingerprint density at radius 3 is 2.53 bits per heavy atom. The molecular weight excluding hydrogens is 188 g/mol. The number of carbonyl (C=O) groups excluding carboxylic acids is 1. The molecule has 0 spiro atoms. The normalized spacial score (nSPS) is 18.0. The van der Waals surface area contributed by atoms with Crippen LogP contribution in [0.5, 0.6) is 0 Å². The van der Waals surface area contributed by atoms with E-state index in [-0.39, 0.29) is 11.3 Å². The summed E-state index contributed by atoms with van der Waals surface area (Å²) in [7, 11) is 3.62. The molecule has 0 aliphatic heterocycles. The first-order valence-electron chi connectivity index (χ1n) is 5.30. The highest BCUT2D eigenvalue weighted by Gasteiger charge is 2.47. The molecule has 15 heavy (non-hydrogen) atoms. The molecule has 1 aromatic rings. The summed E-state index contributed by atoms with van der Waals surface area (Å²) in [5, 5.41) is 0. The summed E-state index contributed by atoms with van der Waals surface area (Å²) < 4.78 is 0. The Morgan fingerprint density at radius 1 is 1.40 bits per heavy atom. The van der Waals surface area contributed by atoms with Gasteiger partial charge in [-0.3, -0.25) is 9.78 Å². The fourth-order valence-corrected chi connectivity index (χ4v) is 2.18. The van der Waals surface area contributed by atoms with Crippen LogP contribution < -0.4 is 0 Å². The fraction of sp³-hybridized carbons (Fsp3) is 0.500. The van der Waals surface area contributed by atoms with Crippen LogP contribution >= 0.6 is 0 Å². The molecule has 0 aromatic carbocycles. The fourth-order valence-electron chi connectivity index (χ4n) is 2.18. The SMILES string of the molecule is CN(C)C(=O)C1(c2ccccn2)CCC1. The van der Waals surface area contributed by atoms with Gasteiger partial charge in [0.25, 0.3) is 0 Å². The average Bonchev–Trinajstić information content (AvgIpc) is 2.17. The van der Waals surface area contributed by atoms with Crippen molar-refractivity contribution in [3.8, 4) is 0 Å². The van der Waals surface area contributed by atoms with Crippen LogP contribution in [0, 0.1) is 0 Å². The lowest BCUT2D eigenvalue weighted by Crippen LogP contribution is -2.49. The highest BCUT2D eigenvalue weighted by atomic mass is 16.2. The first-order valence-corrected chi connectivity index (χ1v) is 5.30. The van der Waals surface area contributed by atoms with E-state index in [1.165, 1.54) is 0 Å². The molecule has 3 nitrogen and oxygen atoms in total. The average molecular weight is 204 g/mol. The lowest BCUT2D eigenvalue weighted by Gasteiger charge is -2.41. The van der Waals surface area contributed by atoms with E-state index in [9.17, 15) is 4.79 Å². The van der Waals surface area contributed by atoms with Gasteiger partial charge in [0, 0.05) is 20.3 Å². The smallest absolute Gasteiger partial charge is 0.234 e. The van der Waals surface area contributed by atoms with Crippen molar-refractivity contribution in [2.75, 3.05) is 14.1 Å². The molecule has 1 aliphatic carbocycles. The Labute approximate surface area is 90.1 Å². The van der Waals surface area contributed by atoms with Gasteiger partial charge in [0.05, 0.1) is 11.1 Å². The van der Waals surface area contributed by atoms with Gasteiger partial charge < -0.3 is 4.90 Å². The Balaban J connectivity index is 2.34. The molecule has 0 radical (unpaired) electrons. The maximum absolute atomic E-state index is 12.1. The van der Waals surface area contributed by atoms with Crippen LogP contribution in [-0.4, -0.2) is 29.9 Å². The van der Waals surface area contributed by atoms with Crippen molar-refractivity contribution in [1.82, 2.24) is 9.88 Å². The molecule has 3 heteroatoms. The third-order valence-corrected chi connectivity index (χ3v) is 3.18. The third kappa shape index (κ3) is 1.52. The molecule has 0 unspecified atom stereocenters. The number of likely N-dealkylation sites (N-methyl/N-ethyl adjacent to an activating group) is 1. The zero-order valence-electron chi connectivity index (χ0n) is 9.23. The Kier molecular flexibility index (Phi) is 2.47. The second kappa shape index (κ2) is 3.65. The monoisotopic (exact) mass is 204 g/mol. The Morgan fingerprint density at radius 2 is 2.13 bits per heavy atom. The molecule has 80 valence electrons. The van der Waals surface area contributed by atoms with Crippen LogP contribution in [-0.2, 0) is 10.2 Å². The van der Waals surface area contributed by atoms with E-state index in [2.05, 4.69) is 4.98 Å². The number of aromatic nitrogens is 1. The van der Waals surface area contributed by atoms with Gasteiger partial charge >= 0.3 is 0 Å². The van der Waals surface area contributed by atoms with E-state index >= 15 is 0 Å². The second-order valence-corrected chi connectivity index (χ2v) is 4.35. The Bertz CT molecular complexity index is 355. The number of hydrogen-bond acceptors (Lipinski definition) is 2. The van der Waals surface area contributed by atoms with Crippen molar-refractivity contribution in [1.29, 1.82) is 0 Å². The van der Waals surface area contributed by atoms with Crippen molar-refractivity contribution >= 4 is 5.91 Å². The zero-order valence-corrected chi connectivity index (χ0v) is 9.23. The largest absolute Gasteiger partial charge is 0.348 e. The summed E-state index contributed by atoms with van der Waals surface area (Å²) in [4.78, 5) is 18.1. The van der Waals surface area contributed by atoms with Crippen LogP contribution in [0.2, 0.25) is 0 Å². The van der Waals surface area contributed by atoms with Gasteiger partial charge in [-0.25, -0.2) is 0 Å². The van der Waals surface area contributed by atoms with Gasteiger partial charge in [0.2, 0.25) is 5.91 Å². The molecule has 1 fully saturated rings. The molecular formula is C12H16N2O. The standard InChI is InChI=1S/C12H16N2O/c1-14(2)11(15)12(7-5-8-12)10-6-3-4-9-13-10/h3-4,6,9H,5,7-8H2,1-2H3. The molecule has 1 amide bonds. The lowest BCUT2D eigenvalue weighted by molar-refractivity contribution is -0.138. The molecule has 0 saturated heterocycles. The van der Waals surface area contributed by atoms with E-state index < -0.39 is 0 Å². The summed E-state index contributed by atoms with van der Waals surface area (Å²) in [5.74, 6) is 0.187. The van der Waals surface area contributed by atoms with Gasteiger partial charge in [-0.1, -0.05) is 12.5 Å². The summed E-state index contributed by atoms with van der Waals surface area (Å²) in [6.45, 7) is 0. The van der Waals surface area contributed by atoms with E-state index in [0.717, 1.165) is 25.0 Å². The topological polar surface area (TPSA) is 33.2 Å².